The molecule has 0 unspecified atom stereocenters. The number of hydrogen-bond acceptors (Lipinski definition) is 3. The number of ketones is 1. The van der Waals surface area contributed by atoms with Crippen molar-refractivity contribution in [2.75, 3.05) is 0 Å². The van der Waals surface area contributed by atoms with Gasteiger partial charge in [0.2, 0.25) is 0 Å². The van der Waals surface area contributed by atoms with E-state index in [1.807, 2.05) is 0 Å². The first-order valence-corrected chi connectivity index (χ1v) is 4.78. The highest BCUT2D eigenvalue weighted by atomic mass is 16.4. The molecule has 2 N–H and O–H groups in total. The number of aromatic amines is 1. The Morgan fingerprint density at radius 1 is 1.50 bits per heavy atom. The van der Waals surface area contributed by atoms with Crippen molar-refractivity contribution in [2.45, 2.75) is 13.3 Å². The summed E-state index contributed by atoms with van der Waals surface area (Å²) in [6.07, 6.45) is 1.39. The number of fused-ring (bicyclic) bond motifs is 1. The van der Waals surface area contributed by atoms with E-state index in [9.17, 15) is 9.59 Å². The van der Waals surface area contributed by atoms with Crippen LogP contribution in [0.15, 0.2) is 18.3 Å². The van der Waals surface area contributed by atoms with Crippen LogP contribution in [0.5, 0.6) is 0 Å². The minimum atomic E-state index is -0.978. The smallest absolute Gasteiger partial charge is 0.309 e. The maximum atomic E-state index is 11.5. The van der Waals surface area contributed by atoms with Crippen LogP contribution >= 0.6 is 0 Å². The first-order chi connectivity index (χ1) is 7.59. The predicted molar refractivity (Wildman–Crippen MR) is 57.4 cm³/mol. The molecule has 0 amide bonds. The molecular formula is C11H10N2O3. The minimum Gasteiger partial charge on any atom is -0.481 e. The summed E-state index contributed by atoms with van der Waals surface area (Å²) in [6.45, 7) is 1.42. The van der Waals surface area contributed by atoms with Gasteiger partial charge in [0, 0.05) is 22.8 Å². The molecule has 0 aliphatic heterocycles. The number of carboxylic acids is 1. The van der Waals surface area contributed by atoms with Crippen LogP contribution in [-0.4, -0.2) is 26.8 Å². The topological polar surface area (TPSA) is 83.0 Å². The van der Waals surface area contributed by atoms with Crippen molar-refractivity contribution in [3.8, 4) is 0 Å². The third-order valence-electron chi connectivity index (χ3n) is 2.33. The second-order valence-electron chi connectivity index (χ2n) is 3.50. The lowest BCUT2D eigenvalue weighted by atomic mass is 10.1. The van der Waals surface area contributed by atoms with Gasteiger partial charge in [0.15, 0.2) is 5.78 Å². The summed E-state index contributed by atoms with van der Waals surface area (Å²) in [5, 5.41) is 9.42. The second kappa shape index (κ2) is 3.77. The number of aliphatic carboxylic acids is 1. The molecule has 16 heavy (non-hydrogen) atoms. The molecule has 0 radical (unpaired) electrons. The number of nitrogens with one attached hydrogen (secondary N) is 1. The van der Waals surface area contributed by atoms with Crippen molar-refractivity contribution < 1.29 is 14.7 Å². The zero-order valence-electron chi connectivity index (χ0n) is 8.65. The zero-order valence-corrected chi connectivity index (χ0v) is 8.65. The van der Waals surface area contributed by atoms with Gasteiger partial charge in [-0.25, -0.2) is 4.98 Å². The lowest BCUT2D eigenvalue weighted by molar-refractivity contribution is -0.136. The van der Waals surface area contributed by atoms with Gasteiger partial charge in [-0.15, -0.1) is 0 Å². The first kappa shape index (κ1) is 10.4. The highest BCUT2D eigenvalue weighted by Crippen LogP contribution is 2.21. The van der Waals surface area contributed by atoms with E-state index in [0.717, 1.165) is 0 Å². The Balaban J connectivity index is 2.68. The number of Topliss-reactive ketones (excluding diaryl/α,β-unsaturated/α-hetero) is 1. The number of carbonyl (C=O) groups is 2. The Hall–Kier alpha value is -2.17. The number of rotatable bonds is 3. The normalized spacial score (nSPS) is 10.6. The van der Waals surface area contributed by atoms with Gasteiger partial charge in [0.25, 0.3) is 0 Å². The van der Waals surface area contributed by atoms with E-state index in [0.29, 0.717) is 22.3 Å². The maximum Gasteiger partial charge on any atom is 0.309 e. The van der Waals surface area contributed by atoms with Crippen LogP contribution in [0.1, 0.15) is 23.0 Å². The first-order valence-electron chi connectivity index (χ1n) is 4.78. The monoisotopic (exact) mass is 218 g/mol. The summed E-state index contributed by atoms with van der Waals surface area (Å²) in [5.74, 6) is -1.13. The van der Waals surface area contributed by atoms with Crippen molar-refractivity contribution in [3.05, 3.63) is 29.6 Å². The standard InChI is InChI=1S/C11H10N2O3/c1-6(14)10-7-3-2-4-12-11(7)13-8(10)5-9(15)16/h2-4H,5H2,1H3,(H,12,13)(H,15,16). The van der Waals surface area contributed by atoms with Crippen molar-refractivity contribution in [3.63, 3.8) is 0 Å². The number of pyridine rings is 1. The molecule has 0 bridgehead atoms. The third-order valence-corrected chi connectivity index (χ3v) is 2.33. The summed E-state index contributed by atoms with van der Waals surface area (Å²) in [5.41, 5.74) is 1.38. The summed E-state index contributed by atoms with van der Waals surface area (Å²) in [7, 11) is 0. The molecule has 0 atom stereocenters. The molecule has 2 aromatic rings. The second-order valence-corrected chi connectivity index (χ2v) is 3.50. The number of hydrogen-bond donors (Lipinski definition) is 2. The SMILES string of the molecule is CC(=O)c1c(CC(=O)O)[nH]c2ncccc12. The van der Waals surface area contributed by atoms with Gasteiger partial charge in [-0.1, -0.05) is 0 Å². The molecule has 0 spiro atoms. The largest absolute Gasteiger partial charge is 0.481 e. The molecule has 0 aliphatic rings. The van der Waals surface area contributed by atoms with E-state index >= 15 is 0 Å². The van der Waals surface area contributed by atoms with E-state index in [4.69, 9.17) is 5.11 Å². The van der Waals surface area contributed by atoms with Gasteiger partial charge >= 0.3 is 5.97 Å². The van der Waals surface area contributed by atoms with Crippen molar-refractivity contribution >= 4 is 22.8 Å². The fourth-order valence-electron chi connectivity index (χ4n) is 1.76. The van der Waals surface area contributed by atoms with E-state index < -0.39 is 5.97 Å². The maximum absolute atomic E-state index is 11.5. The lowest BCUT2D eigenvalue weighted by Crippen LogP contribution is -2.05. The third kappa shape index (κ3) is 1.67. The van der Waals surface area contributed by atoms with Gasteiger partial charge < -0.3 is 10.1 Å². The van der Waals surface area contributed by atoms with Gasteiger partial charge in [-0.3, -0.25) is 9.59 Å². The van der Waals surface area contributed by atoms with Crippen molar-refractivity contribution in [2.24, 2.45) is 0 Å². The molecule has 2 heterocycles. The summed E-state index contributed by atoms with van der Waals surface area (Å²) in [4.78, 5) is 29.1. The molecule has 0 fully saturated rings. The Kier molecular flexibility index (Phi) is 2.44. The fourth-order valence-corrected chi connectivity index (χ4v) is 1.76. The highest BCUT2D eigenvalue weighted by Gasteiger charge is 2.17. The van der Waals surface area contributed by atoms with Crippen LogP contribution in [0, 0.1) is 0 Å². The lowest BCUT2D eigenvalue weighted by Gasteiger charge is -1.96. The van der Waals surface area contributed by atoms with Gasteiger partial charge in [-0.05, 0) is 19.1 Å². The van der Waals surface area contributed by atoms with E-state index in [2.05, 4.69) is 9.97 Å². The number of carboxylic acid groups (broad SMARTS) is 1. The molecule has 0 saturated heterocycles. The number of carbonyl (C=O) groups excluding carboxylic acids is 1. The Labute approximate surface area is 91.1 Å². The van der Waals surface area contributed by atoms with Crippen LogP contribution < -0.4 is 0 Å². The molecule has 2 rings (SSSR count). The van der Waals surface area contributed by atoms with E-state index in [1.165, 1.54) is 6.92 Å². The Morgan fingerprint density at radius 2 is 2.25 bits per heavy atom. The fraction of sp³-hybridized carbons (Fsp3) is 0.182. The summed E-state index contributed by atoms with van der Waals surface area (Å²) in [6, 6.07) is 3.47. The molecular weight excluding hydrogens is 208 g/mol. The molecule has 5 heteroatoms. The predicted octanol–water partition coefficient (Wildman–Crippen LogP) is 1.39. The summed E-state index contributed by atoms with van der Waals surface area (Å²) >= 11 is 0. The number of aromatic nitrogens is 2. The van der Waals surface area contributed by atoms with Crippen LogP contribution in [0.25, 0.3) is 11.0 Å². The quantitative estimate of drug-likeness (QED) is 0.762. The molecule has 0 saturated carbocycles. The van der Waals surface area contributed by atoms with Crippen LogP contribution in [0.2, 0.25) is 0 Å². The molecule has 0 aliphatic carbocycles. The zero-order chi connectivity index (χ0) is 11.7. The minimum absolute atomic E-state index is 0.157. The highest BCUT2D eigenvalue weighted by molar-refractivity contribution is 6.07. The van der Waals surface area contributed by atoms with Crippen LogP contribution in [0.4, 0.5) is 0 Å². The van der Waals surface area contributed by atoms with Crippen molar-refractivity contribution in [1.29, 1.82) is 0 Å². The number of H-pyrrole nitrogens is 1. The van der Waals surface area contributed by atoms with Crippen LogP contribution in [-0.2, 0) is 11.2 Å². The van der Waals surface area contributed by atoms with Crippen LogP contribution in [0.3, 0.4) is 0 Å². The molecule has 5 nitrogen and oxygen atoms in total. The average Bonchev–Trinajstić information content (AvgIpc) is 2.53. The van der Waals surface area contributed by atoms with E-state index in [1.54, 1.807) is 18.3 Å². The van der Waals surface area contributed by atoms with Gasteiger partial charge in [0.1, 0.15) is 5.65 Å². The number of nitrogens with zero attached hydrogens (tertiary/aromatic N) is 1. The molecule has 0 aromatic carbocycles. The Bertz CT molecular complexity index is 572. The van der Waals surface area contributed by atoms with Gasteiger partial charge in [-0.2, -0.15) is 0 Å². The van der Waals surface area contributed by atoms with Gasteiger partial charge in [0.05, 0.1) is 6.42 Å². The molecule has 82 valence electrons. The summed E-state index contributed by atoms with van der Waals surface area (Å²) < 4.78 is 0. The molecule has 2 aromatic heterocycles. The average molecular weight is 218 g/mol. The Morgan fingerprint density at radius 3 is 2.88 bits per heavy atom. The van der Waals surface area contributed by atoms with E-state index in [-0.39, 0.29) is 12.2 Å². The van der Waals surface area contributed by atoms with Crippen molar-refractivity contribution in [1.82, 2.24) is 9.97 Å².